The van der Waals surface area contributed by atoms with Crippen molar-refractivity contribution in [2.45, 2.75) is 18.6 Å². The SMILES string of the molecule is CP(=O)(O)OCC(O)C(CC=O)O[P+](=O)O. The van der Waals surface area contributed by atoms with Gasteiger partial charge in [0.1, 0.15) is 12.4 Å². The van der Waals surface area contributed by atoms with E-state index in [0.717, 1.165) is 6.66 Å². The number of carbonyl (C=O) groups excluding carboxylic acids is 1. The second-order valence-electron chi connectivity index (χ2n) is 2.95. The van der Waals surface area contributed by atoms with Gasteiger partial charge in [-0.25, -0.2) is 0 Å². The van der Waals surface area contributed by atoms with Crippen LogP contribution in [0, 0.1) is 0 Å². The van der Waals surface area contributed by atoms with Gasteiger partial charge in [0, 0.05) is 17.7 Å². The smallest absolute Gasteiger partial charge is 0.388 e. The zero-order valence-electron chi connectivity index (χ0n) is 8.42. The first kappa shape index (κ1) is 15.8. The van der Waals surface area contributed by atoms with Crippen molar-refractivity contribution in [3.05, 3.63) is 0 Å². The molecular formula is C6H13O8P2+. The van der Waals surface area contributed by atoms with Gasteiger partial charge in [-0.3, -0.25) is 4.57 Å². The van der Waals surface area contributed by atoms with Crippen molar-refractivity contribution in [2.24, 2.45) is 0 Å². The van der Waals surface area contributed by atoms with E-state index >= 15 is 0 Å². The zero-order valence-corrected chi connectivity index (χ0v) is 10.2. The Kier molecular flexibility index (Phi) is 7.10. The molecule has 0 fully saturated rings. The van der Waals surface area contributed by atoms with Crippen molar-refractivity contribution in [1.29, 1.82) is 0 Å². The van der Waals surface area contributed by atoms with Gasteiger partial charge in [-0.2, -0.15) is 0 Å². The largest absolute Gasteiger partial charge is 0.695 e. The highest BCUT2D eigenvalue weighted by atomic mass is 31.2. The first-order valence-corrected chi connectivity index (χ1v) is 7.31. The highest BCUT2D eigenvalue weighted by molar-refractivity contribution is 7.51. The Hall–Kier alpha value is -0.200. The van der Waals surface area contributed by atoms with Crippen molar-refractivity contribution in [1.82, 2.24) is 0 Å². The Balaban J connectivity index is 4.26. The molecule has 4 atom stereocenters. The average molecular weight is 275 g/mol. The summed E-state index contributed by atoms with van der Waals surface area (Å²) in [5.41, 5.74) is 0. The fourth-order valence-corrected chi connectivity index (χ4v) is 1.69. The van der Waals surface area contributed by atoms with Crippen molar-refractivity contribution in [3.8, 4) is 0 Å². The molecule has 4 unspecified atom stereocenters. The molecule has 0 rings (SSSR count). The van der Waals surface area contributed by atoms with Crippen LogP contribution in [0.15, 0.2) is 0 Å². The molecule has 0 aliphatic rings. The number of aldehydes is 1. The lowest BCUT2D eigenvalue weighted by Gasteiger charge is -2.16. The van der Waals surface area contributed by atoms with Crippen molar-refractivity contribution < 1.29 is 37.9 Å². The van der Waals surface area contributed by atoms with E-state index in [0.29, 0.717) is 6.29 Å². The molecule has 0 heterocycles. The zero-order chi connectivity index (χ0) is 12.8. The second-order valence-corrected chi connectivity index (χ2v) is 5.50. The quantitative estimate of drug-likeness (QED) is 0.410. The van der Waals surface area contributed by atoms with Gasteiger partial charge in [-0.1, -0.05) is 0 Å². The van der Waals surface area contributed by atoms with E-state index in [1.165, 1.54) is 0 Å². The predicted molar refractivity (Wildman–Crippen MR) is 53.1 cm³/mol. The van der Waals surface area contributed by atoms with Crippen LogP contribution in [0.4, 0.5) is 0 Å². The topological polar surface area (TPSA) is 130 Å². The fourth-order valence-electron chi connectivity index (χ4n) is 0.803. The van der Waals surface area contributed by atoms with Crippen LogP contribution in [0.25, 0.3) is 0 Å². The normalized spacial score (nSPS) is 19.6. The second kappa shape index (κ2) is 7.19. The van der Waals surface area contributed by atoms with E-state index in [9.17, 15) is 19.0 Å². The van der Waals surface area contributed by atoms with Gasteiger partial charge < -0.3 is 19.3 Å². The molecule has 94 valence electrons. The van der Waals surface area contributed by atoms with Crippen LogP contribution < -0.4 is 0 Å². The number of rotatable bonds is 8. The Morgan fingerprint density at radius 2 is 2.12 bits per heavy atom. The van der Waals surface area contributed by atoms with Crippen LogP contribution in [-0.4, -0.2) is 46.7 Å². The molecule has 0 aliphatic heterocycles. The number of carbonyl (C=O) groups is 1. The van der Waals surface area contributed by atoms with E-state index in [1.54, 1.807) is 0 Å². The monoisotopic (exact) mass is 275 g/mol. The maximum atomic E-state index is 10.7. The molecule has 0 spiro atoms. The minimum atomic E-state index is -3.75. The lowest BCUT2D eigenvalue weighted by Crippen LogP contribution is -2.31. The van der Waals surface area contributed by atoms with Crippen LogP contribution >= 0.6 is 15.9 Å². The fraction of sp³-hybridized carbons (Fsp3) is 0.833. The Morgan fingerprint density at radius 1 is 1.56 bits per heavy atom. The molecule has 0 aromatic rings. The van der Waals surface area contributed by atoms with Crippen LogP contribution in [0.3, 0.4) is 0 Å². The molecule has 0 saturated heterocycles. The summed E-state index contributed by atoms with van der Waals surface area (Å²) in [4.78, 5) is 27.4. The maximum Gasteiger partial charge on any atom is 0.695 e. The summed E-state index contributed by atoms with van der Waals surface area (Å²) in [7, 11) is -6.73. The molecule has 0 radical (unpaired) electrons. The first-order valence-electron chi connectivity index (χ1n) is 4.15. The third-order valence-electron chi connectivity index (χ3n) is 1.47. The van der Waals surface area contributed by atoms with E-state index < -0.39 is 34.7 Å². The third kappa shape index (κ3) is 8.01. The van der Waals surface area contributed by atoms with Crippen molar-refractivity contribution in [3.63, 3.8) is 0 Å². The van der Waals surface area contributed by atoms with Gasteiger partial charge >= 0.3 is 15.9 Å². The molecule has 0 amide bonds. The number of aliphatic hydroxyl groups excluding tert-OH is 1. The standard InChI is InChI=1S/C6H12O8P2/c1-16(11,12)13-4-5(8)6(2-3-7)14-15(9)10/h3,5-6,8H,2,4H2,1H3,(H-,9,10,11,12)/p+1. The lowest BCUT2D eigenvalue weighted by molar-refractivity contribution is -0.111. The minimum absolute atomic E-state index is 0.328. The van der Waals surface area contributed by atoms with E-state index in [4.69, 9.17) is 9.79 Å². The Labute approximate surface area is 92.7 Å². The number of aliphatic hydroxyl groups is 1. The van der Waals surface area contributed by atoms with Gasteiger partial charge in [-0.15, -0.1) is 9.42 Å². The highest BCUT2D eigenvalue weighted by Crippen LogP contribution is 2.37. The average Bonchev–Trinajstić information content (AvgIpc) is 2.11. The molecular weight excluding hydrogens is 262 g/mol. The highest BCUT2D eigenvalue weighted by Gasteiger charge is 2.30. The molecule has 0 saturated carbocycles. The lowest BCUT2D eigenvalue weighted by atomic mass is 10.2. The summed E-state index contributed by atoms with van der Waals surface area (Å²) in [6, 6.07) is 0. The van der Waals surface area contributed by atoms with Gasteiger partial charge in [0.25, 0.3) is 0 Å². The van der Waals surface area contributed by atoms with Gasteiger partial charge in [0.05, 0.1) is 6.61 Å². The summed E-state index contributed by atoms with van der Waals surface area (Å²) in [6.45, 7) is 0.341. The number of hydrogen-bond donors (Lipinski definition) is 3. The van der Waals surface area contributed by atoms with Crippen molar-refractivity contribution >= 4 is 22.1 Å². The number of hydrogen-bond acceptors (Lipinski definition) is 6. The van der Waals surface area contributed by atoms with Crippen LogP contribution in [0.5, 0.6) is 0 Å². The van der Waals surface area contributed by atoms with Crippen LogP contribution in [-0.2, 0) is 23.0 Å². The minimum Gasteiger partial charge on any atom is -0.388 e. The van der Waals surface area contributed by atoms with Gasteiger partial charge in [0.15, 0.2) is 6.10 Å². The van der Waals surface area contributed by atoms with Gasteiger partial charge in [0.2, 0.25) is 0 Å². The Morgan fingerprint density at radius 3 is 2.50 bits per heavy atom. The van der Waals surface area contributed by atoms with E-state index in [-0.39, 0.29) is 6.42 Å². The van der Waals surface area contributed by atoms with Crippen molar-refractivity contribution in [2.75, 3.05) is 13.3 Å². The van der Waals surface area contributed by atoms with Crippen LogP contribution in [0.2, 0.25) is 0 Å². The summed E-state index contributed by atoms with van der Waals surface area (Å²) >= 11 is 0. The molecule has 16 heavy (non-hydrogen) atoms. The molecule has 8 nitrogen and oxygen atoms in total. The van der Waals surface area contributed by atoms with E-state index in [2.05, 4.69) is 9.05 Å². The summed E-state index contributed by atoms with van der Waals surface area (Å²) in [5, 5.41) is 9.37. The third-order valence-corrected chi connectivity index (χ3v) is 2.55. The molecule has 3 N–H and O–H groups in total. The first-order chi connectivity index (χ1) is 7.26. The molecule has 10 heteroatoms. The molecule has 0 aromatic carbocycles. The predicted octanol–water partition coefficient (Wildman–Crippen LogP) is -0.197. The molecule has 0 aromatic heterocycles. The molecule has 0 bridgehead atoms. The summed E-state index contributed by atoms with van der Waals surface area (Å²) in [6.07, 6.45) is -2.64. The van der Waals surface area contributed by atoms with E-state index in [1.807, 2.05) is 0 Å². The van der Waals surface area contributed by atoms with Gasteiger partial charge in [-0.05, 0) is 0 Å². The maximum absolute atomic E-state index is 10.7. The summed E-state index contributed by atoms with van der Waals surface area (Å²) < 4.78 is 29.8. The summed E-state index contributed by atoms with van der Waals surface area (Å²) in [5.74, 6) is 0. The molecule has 0 aliphatic carbocycles. The Bertz CT molecular complexity index is 286. The van der Waals surface area contributed by atoms with Crippen LogP contribution in [0.1, 0.15) is 6.42 Å².